The summed E-state index contributed by atoms with van der Waals surface area (Å²) in [5, 5.41) is 3.36. The number of fused-ring (bicyclic) bond motifs is 1. The van der Waals surface area contributed by atoms with Crippen LogP contribution in [-0.2, 0) is 17.7 Å². The van der Waals surface area contributed by atoms with Gasteiger partial charge in [0.1, 0.15) is 5.60 Å². The van der Waals surface area contributed by atoms with Crippen LogP contribution in [0, 0.1) is 5.92 Å². The molecule has 0 aromatic carbocycles. The van der Waals surface area contributed by atoms with Gasteiger partial charge in [-0.2, -0.15) is 0 Å². The molecule has 2 aliphatic rings. The lowest BCUT2D eigenvalue weighted by atomic mass is 9.92. The summed E-state index contributed by atoms with van der Waals surface area (Å²) in [5.74, 6) is 1.40. The zero-order valence-electron chi connectivity index (χ0n) is 17.3. The fourth-order valence-corrected chi connectivity index (χ4v) is 3.96. The first-order valence-electron chi connectivity index (χ1n) is 10.3. The Morgan fingerprint density at radius 2 is 2.07 bits per heavy atom. The molecule has 0 saturated carbocycles. The standard InChI is InChI=1S/C20H33N5O2S/c1-20(2,3)27-19(26)24-10-6-15(7-11-24)5-4-9-21-18-22-13-16-14-25(28)12-8-17(16)23-18/h13,15,28H,4-12,14H2,1-3H3,(H,21,22,23). The van der Waals surface area contributed by atoms with Crippen LogP contribution in [0.4, 0.5) is 10.7 Å². The Balaban J connectivity index is 1.34. The van der Waals surface area contributed by atoms with Crippen molar-refractivity contribution in [1.82, 2.24) is 19.2 Å². The Labute approximate surface area is 173 Å². The number of hydrogen-bond acceptors (Lipinski definition) is 7. The molecule has 0 unspecified atom stereocenters. The molecule has 1 amide bonds. The fourth-order valence-electron chi connectivity index (χ4n) is 3.71. The summed E-state index contributed by atoms with van der Waals surface area (Å²) in [6.45, 7) is 9.93. The van der Waals surface area contributed by atoms with Gasteiger partial charge in [-0.25, -0.2) is 19.1 Å². The molecular formula is C20H33N5O2S. The second kappa shape index (κ2) is 9.31. The number of amides is 1. The lowest BCUT2D eigenvalue weighted by Gasteiger charge is -2.33. The number of anilines is 1. The smallest absolute Gasteiger partial charge is 0.410 e. The van der Waals surface area contributed by atoms with Crippen LogP contribution in [-0.4, -0.2) is 57.0 Å². The first-order valence-corrected chi connectivity index (χ1v) is 10.7. The van der Waals surface area contributed by atoms with Gasteiger partial charge >= 0.3 is 6.09 Å². The van der Waals surface area contributed by atoms with Gasteiger partial charge in [-0.1, -0.05) is 12.8 Å². The Hall–Kier alpha value is -1.54. The molecule has 1 aromatic rings. The van der Waals surface area contributed by atoms with Gasteiger partial charge in [-0.3, -0.25) is 0 Å². The van der Waals surface area contributed by atoms with Gasteiger partial charge in [0, 0.05) is 50.9 Å². The van der Waals surface area contributed by atoms with E-state index in [0.29, 0.717) is 5.92 Å². The van der Waals surface area contributed by atoms with Gasteiger partial charge in [0.2, 0.25) is 5.95 Å². The van der Waals surface area contributed by atoms with E-state index in [2.05, 4.69) is 28.1 Å². The van der Waals surface area contributed by atoms with Crippen molar-refractivity contribution in [3.8, 4) is 0 Å². The molecule has 0 spiro atoms. The van der Waals surface area contributed by atoms with E-state index >= 15 is 0 Å². The van der Waals surface area contributed by atoms with Crippen LogP contribution in [0.25, 0.3) is 0 Å². The summed E-state index contributed by atoms with van der Waals surface area (Å²) in [6, 6.07) is 0. The quantitative estimate of drug-likeness (QED) is 0.575. The molecule has 0 bridgehead atoms. The number of aromatic nitrogens is 2. The summed E-state index contributed by atoms with van der Waals surface area (Å²) in [6.07, 6.45) is 7.00. The predicted octanol–water partition coefficient (Wildman–Crippen LogP) is 3.52. The van der Waals surface area contributed by atoms with Crippen LogP contribution < -0.4 is 5.32 Å². The molecule has 1 fully saturated rings. The van der Waals surface area contributed by atoms with E-state index in [0.717, 1.165) is 76.5 Å². The average Bonchev–Trinajstić information content (AvgIpc) is 2.64. The summed E-state index contributed by atoms with van der Waals surface area (Å²) < 4.78 is 7.45. The molecule has 0 radical (unpaired) electrons. The molecule has 1 aromatic heterocycles. The highest BCUT2D eigenvalue weighted by molar-refractivity contribution is 7.77. The summed E-state index contributed by atoms with van der Waals surface area (Å²) >= 11 is 4.40. The molecule has 8 heteroatoms. The minimum atomic E-state index is -0.426. The molecular weight excluding hydrogens is 374 g/mol. The third kappa shape index (κ3) is 6.24. The van der Waals surface area contributed by atoms with Crippen molar-refractivity contribution in [2.75, 3.05) is 31.5 Å². The Bertz CT molecular complexity index is 671. The number of ether oxygens (including phenoxy) is 1. The maximum absolute atomic E-state index is 12.1. The lowest BCUT2D eigenvalue weighted by molar-refractivity contribution is 0.0181. The summed E-state index contributed by atoms with van der Waals surface area (Å²) in [4.78, 5) is 23.0. The summed E-state index contributed by atoms with van der Waals surface area (Å²) in [7, 11) is 0. The first-order chi connectivity index (χ1) is 13.3. The van der Waals surface area contributed by atoms with Gasteiger partial charge in [0.05, 0.1) is 5.69 Å². The number of carbonyl (C=O) groups excluding carboxylic acids is 1. The third-order valence-electron chi connectivity index (χ3n) is 5.25. The van der Waals surface area contributed by atoms with E-state index in [1.54, 1.807) is 0 Å². The Morgan fingerprint density at radius 3 is 2.79 bits per heavy atom. The van der Waals surface area contributed by atoms with Crippen molar-refractivity contribution in [3.63, 3.8) is 0 Å². The molecule has 0 atom stereocenters. The monoisotopic (exact) mass is 407 g/mol. The molecule has 1 N–H and O–H groups in total. The van der Waals surface area contributed by atoms with Crippen molar-refractivity contribution in [2.45, 2.75) is 65.0 Å². The molecule has 7 nitrogen and oxygen atoms in total. The van der Waals surface area contributed by atoms with Crippen LogP contribution >= 0.6 is 12.8 Å². The van der Waals surface area contributed by atoms with Crippen molar-refractivity contribution >= 4 is 24.9 Å². The third-order valence-corrected chi connectivity index (χ3v) is 5.59. The lowest BCUT2D eigenvalue weighted by Crippen LogP contribution is -2.41. The van der Waals surface area contributed by atoms with Crippen LogP contribution in [0.5, 0.6) is 0 Å². The number of nitrogens with one attached hydrogen (secondary N) is 1. The number of piperidine rings is 1. The van der Waals surface area contributed by atoms with Crippen molar-refractivity contribution < 1.29 is 9.53 Å². The van der Waals surface area contributed by atoms with Gasteiger partial charge in [0.15, 0.2) is 0 Å². The van der Waals surface area contributed by atoms with E-state index in [1.165, 1.54) is 5.56 Å². The minimum absolute atomic E-state index is 0.182. The van der Waals surface area contributed by atoms with Crippen LogP contribution in [0.2, 0.25) is 0 Å². The first kappa shape index (κ1) is 21.2. The fraction of sp³-hybridized carbons (Fsp3) is 0.750. The maximum atomic E-state index is 12.1. The van der Waals surface area contributed by atoms with Crippen molar-refractivity contribution in [2.24, 2.45) is 5.92 Å². The number of thiol groups is 1. The highest BCUT2D eigenvalue weighted by atomic mass is 32.1. The zero-order chi connectivity index (χ0) is 20.1. The van der Waals surface area contributed by atoms with Gasteiger partial charge < -0.3 is 15.0 Å². The topological polar surface area (TPSA) is 70.6 Å². The molecule has 2 aliphatic heterocycles. The number of hydrogen-bond donors (Lipinski definition) is 2. The molecule has 3 heterocycles. The molecule has 1 saturated heterocycles. The number of rotatable bonds is 5. The van der Waals surface area contributed by atoms with Crippen LogP contribution in [0.1, 0.15) is 57.7 Å². The second-order valence-electron chi connectivity index (χ2n) is 8.78. The second-order valence-corrected chi connectivity index (χ2v) is 9.35. The highest BCUT2D eigenvalue weighted by Crippen LogP contribution is 2.23. The van der Waals surface area contributed by atoms with Gasteiger partial charge in [-0.15, -0.1) is 0 Å². The molecule has 28 heavy (non-hydrogen) atoms. The average molecular weight is 408 g/mol. The maximum Gasteiger partial charge on any atom is 0.410 e. The highest BCUT2D eigenvalue weighted by Gasteiger charge is 2.26. The van der Waals surface area contributed by atoms with E-state index in [9.17, 15) is 4.79 Å². The zero-order valence-corrected chi connectivity index (χ0v) is 18.2. The van der Waals surface area contributed by atoms with E-state index in [4.69, 9.17) is 4.74 Å². The molecule has 0 aliphatic carbocycles. The van der Waals surface area contributed by atoms with Crippen LogP contribution in [0.3, 0.4) is 0 Å². The van der Waals surface area contributed by atoms with Crippen molar-refractivity contribution in [3.05, 3.63) is 17.5 Å². The SMILES string of the molecule is CC(C)(C)OC(=O)N1CCC(CCCNc2ncc3c(n2)CCN(S)C3)CC1. The Kier molecular flexibility index (Phi) is 7.04. The van der Waals surface area contributed by atoms with Gasteiger partial charge in [-0.05, 0) is 52.4 Å². The normalized spacial score (nSPS) is 18.6. The van der Waals surface area contributed by atoms with Crippen LogP contribution in [0.15, 0.2) is 6.20 Å². The van der Waals surface area contributed by atoms with E-state index in [1.807, 2.05) is 36.2 Å². The largest absolute Gasteiger partial charge is 0.444 e. The number of carbonyl (C=O) groups is 1. The van der Waals surface area contributed by atoms with E-state index < -0.39 is 5.60 Å². The summed E-state index contributed by atoms with van der Waals surface area (Å²) in [5.41, 5.74) is 1.88. The number of likely N-dealkylation sites (tertiary alicyclic amines) is 1. The predicted molar refractivity (Wildman–Crippen MR) is 113 cm³/mol. The van der Waals surface area contributed by atoms with Crippen molar-refractivity contribution in [1.29, 1.82) is 0 Å². The Morgan fingerprint density at radius 1 is 1.32 bits per heavy atom. The van der Waals surface area contributed by atoms with Gasteiger partial charge in [0.25, 0.3) is 0 Å². The number of nitrogens with zero attached hydrogens (tertiary/aromatic N) is 4. The minimum Gasteiger partial charge on any atom is -0.444 e. The molecule has 3 rings (SSSR count). The molecule has 156 valence electrons. The van der Waals surface area contributed by atoms with E-state index in [-0.39, 0.29) is 6.09 Å².